The van der Waals surface area contributed by atoms with Crippen LogP contribution in [-0.4, -0.2) is 50.5 Å². The summed E-state index contributed by atoms with van der Waals surface area (Å²) in [6, 6.07) is 14.3. The molecule has 0 saturated carbocycles. The number of nitrogens with one attached hydrogen (secondary N) is 2. The second kappa shape index (κ2) is 9.78. The molecule has 1 aliphatic heterocycles. The lowest BCUT2D eigenvalue weighted by atomic mass is 10.0. The second-order valence-corrected chi connectivity index (χ2v) is 9.47. The van der Waals surface area contributed by atoms with E-state index in [2.05, 4.69) is 10.0 Å². The molecule has 0 radical (unpaired) electrons. The zero-order valence-electron chi connectivity index (χ0n) is 17.7. The van der Waals surface area contributed by atoms with E-state index in [1.165, 1.54) is 6.08 Å². The number of benzene rings is 2. The van der Waals surface area contributed by atoms with Crippen molar-refractivity contribution in [3.8, 4) is 0 Å². The Bertz CT molecular complexity index is 1070. The summed E-state index contributed by atoms with van der Waals surface area (Å²) in [6.07, 6.45) is 5.74. The van der Waals surface area contributed by atoms with Crippen LogP contribution in [0.3, 0.4) is 0 Å². The van der Waals surface area contributed by atoms with Crippen LogP contribution in [0.2, 0.25) is 0 Å². The standard InChI is InChI=1S/C23H27N3O4S/c1-17-5-3-4-6-21(17)23(28)24-19-13-15-26(16-14-19)22(27)12-9-18-7-10-20(11-8-18)25-31(2,29)30/h3-12,19,25H,13-16H2,1-2H3,(H,24,28)/b12-9+. The van der Waals surface area contributed by atoms with Gasteiger partial charge in [-0.05, 0) is 55.2 Å². The number of carbonyl (C=O) groups is 2. The van der Waals surface area contributed by atoms with Crippen LogP contribution in [0, 0.1) is 6.92 Å². The van der Waals surface area contributed by atoms with Crippen LogP contribution in [0.1, 0.15) is 34.3 Å². The second-order valence-electron chi connectivity index (χ2n) is 7.72. The molecule has 2 aromatic rings. The number of likely N-dealkylation sites (tertiary alicyclic amines) is 1. The Morgan fingerprint density at radius 1 is 1.03 bits per heavy atom. The van der Waals surface area contributed by atoms with E-state index in [0.29, 0.717) is 37.2 Å². The number of sulfonamides is 1. The third kappa shape index (κ3) is 6.68. The van der Waals surface area contributed by atoms with Crippen LogP contribution in [0.15, 0.2) is 54.6 Å². The fourth-order valence-electron chi connectivity index (χ4n) is 3.48. The number of anilines is 1. The number of carbonyl (C=O) groups excluding carboxylic acids is 2. The van der Waals surface area contributed by atoms with Gasteiger partial charge in [0.2, 0.25) is 15.9 Å². The molecule has 0 atom stereocenters. The van der Waals surface area contributed by atoms with E-state index in [1.54, 1.807) is 35.2 Å². The van der Waals surface area contributed by atoms with E-state index >= 15 is 0 Å². The van der Waals surface area contributed by atoms with E-state index < -0.39 is 10.0 Å². The minimum Gasteiger partial charge on any atom is -0.349 e. The van der Waals surface area contributed by atoms with Crippen molar-refractivity contribution in [2.45, 2.75) is 25.8 Å². The molecule has 164 valence electrons. The molecule has 31 heavy (non-hydrogen) atoms. The van der Waals surface area contributed by atoms with Crippen LogP contribution in [-0.2, 0) is 14.8 Å². The van der Waals surface area contributed by atoms with Crippen molar-refractivity contribution in [3.63, 3.8) is 0 Å². The molecule has 0 aromatic heterocycles. The van der Waals surface area contributed by atoms with Gasteiger partial charge >= 0.3 is 0 Å². The normalized spacial score (nSPS) is 15.1. The molecule has 2 aromatic carbocycles. The van der Waals surface area contributed by atoms with Gasteiger partial charge in [-0.1, -0.05) is 30.3 Å². The highest BCUT2D eigenvalue weighted by Gasteiger charge is 2.23. The number of rotatable bonds is 6. The number of nitrogens with zero attached hydrogens (tertiary/aromatic N) is 1. The maximum atomic E-state index is 12.5. The van der Waals surface area contributed by atoms with Crippen molar-refractivity contribution < 1.29 is 18.0 Å². The maximum Gasteiger partial charge on any atom is 0.251 e. The predicted molar refractivity (Wildman–Crippen MR) is 122 cm³/mol. The summed E-state index contributed by atoms with van der Waals surface area (Å²) in [5.41, 5.74) is 2.90. The Morgan fingerprint density at radius 3 is 2.29 bits per heavy atom. The lowest BCUT2D eigenvalue weighted by Crippen LogP contribution is -2.46. The molecule has 0 spiro atoms. The van der Waals surface area contributed by atoms with Crippen molar-refractivity contribution in [1.29, 1.82) is 0 Å². The lowest BCUT2D eigenvalue weighted by molar-refractivity contribution is -0.127. The average molecular weight is 442 g/mol. The van der Waals surface area contributed by atoms with Gasteiger partial charge in [-0.2, -0.15) is 0 Å². The molecule has 8 heteroatoms. The number of aryl methyl sites for hydroxylation is 1. The van der Waals surface area contributed by atoms with Crippen molar-refractivity contribution in [1.82, 2.24) is 10.2 Å². The molecule has 2 N–H and O–H groups in total. The van der Waals surface area contributed by atoms with E-state index in [9.17, 15) is 18.0 Å². The Balaban J connectivity index is 1.49. The van der Waals surface area contributed by atoms with E-state index in [-0.39, 0.29) is 17.9 Å². The highest BCUT2D eigenvalue weighted by atomic mass is 32.2. The van der Waals surface area contributed by atoms with Gasteiger partial charge in [-0.15, -0.1) is 0 Å². The molecule has 0 aliphatic carbocycles. The number of hydrogen-bond acceptors (Lipinski definition) is 4. The summed E-state index contributed by atoms with van der Waals surface area (Å²) in [6.45, 7) is 3.08. The molecule has 1 saturated heterocycles. The highest BCUT2D eigenvalue weighted by molar-refractivity contribution is 7.92. The van der Waals surface area contributed by atoms with Crippen LogP contribution in [0.4, 0.5) is 5.69 Å². The van der Waals surface area contributed by atoms with Gasteiger partial charge in [0.25, 0.3) is 5.91 Å². The highest BCUT2D eigenvalue weighted by Crippen LogP contribution is 2.15. The van der Waals surface area contributed by atoms with Gasteiger partial charge in [0.05, 0.1) is 6.26 Å². The quantitative estimate of drug-likeness (QED) is 0.674. The fraction of sp³-hybridized carbons (Fsp3) is 0.304. The molecular formula is C23H27N3O4S. The van der Waals surface area contributed by atoms with Gasteiger partial charge in [-0.3, -0.25) is 14.3 Å². The lowest BCUT2D eigenvalue weighted by Gasteiger charge is -2.31. The van der Waals surface area contributed by atoms with Crippen LogP contribution >= 0.6 is 0 Å². The first-order chi connectivity index (χ1) is 14.7. The molecule has 0 unspecified atom stereocenters. The maximum absolute atomic E-state index is 12.5. The molecule has 1 heterocycles. The van der Waals surface area contributed by atoms with E-state index in [4.69, 9.17) is 0 Å². The minimum atomic E-state index is -3.32. The van der Waals surface area contributed by atoms with Gasteiger partial charge in [-0.25, -0.2) is 8.42 Å². The fourth-order valence-corrected chi connectivity index (χ4v) is 4.05. The van der Waals surface area contributed by atoms with Gasteiger partial charge < -0.3 is 10.2 Å². The average Bonchev–Trinajstić information content (AvgIpc) is 2.73. The number of hydrogen-bond donors (Lipinski definition) is 2. The minimum absolute atomic E-state index is 0.0509. The van der Waals surface area contributed by atoms with E-state index in [1.807, 2.05) is 31.2 Å². The van der Waals surface area contributed by atoms with Crippen molar-refractivity contribution in [2.75, 3.05) is 24.1 Å². The molecule has 1 fully saturated rings. The third-order valence-electron chi connectivity index (χ3n) is 5.16. The summed E-state index contributed by atoms with van der Waals surface area (Å²) in [5.74, 6) is -0.154. The van der Waals surface area contributed by atoms with Crippen LogP contribution < -0.4 is 10.0 Å². The van der Waals surface area contributed by atoms with Crippen molar-refractivity contribution in [3.05, 3.63) is 71.3 Å². The summed E-state index contributed by atoms with van der Waals surface area (Å²) in [5, 5.41) is 3.07. The molecule has 2 amide bonds. The summed E-state index contributed by atoms with van der Waals surface area (Å²) in [7, 11) is -3.32. The third-order valence-corrected chi connectivity index (χ3v) is 5.77. The van der Waals surface area contributed by atoms with Crippen molar-refractivity contribution in [2.24, 2.45) is 0 Å². The topological polar surface area (TPSA) is 95.6 Å². The monoisotopic (exact) mass is 441 g/mol. The Hall–Kier alpha value is -3.13. The van der Waals surface area contributed by atoms with Gasteiger partial charge in [0.15, 0.2) is 0 Å². The first-order valence-electron chi connectivity index (χ1n) is 10.1. The molecule has 0 bridgehead atoms. The Labute approximate surface area is 183 Å². The SMILES string of the molecule is Cc1ccccc1C(=O)NC1CCN(C(=O)/C=C/c2ccc(NS(C)(=O)=O)cc2)CC1. The Morgan fingerprint density at radius 2 is 1.68 bits per heavy atom. The van der Waals surface area contributed by atoms with Crippen LogP contribution in [0.5, 0.6) is 0 Å². The summed E-state index contributed by atoms with van der Waals surface area (Å²) >= 11 is 0. The zero-order chi connectivity index (χ0) is 22.4. The number of piperidine rings is 1. The van der Waals surface area contributed by atoms with Crippen molar-refractivity contribution >= 4 is 33.6 Å². The van der Waals surface area contributed by atoms with Gasteiger partial charge in [0.1, 0.15) is 0 Å². The zero-order valence-corrected chi connectivity index (χ0v) is 18.5. The largest absolute Gasteiger partial charge is 0.349 e. The van der Waals surface area contributed by atoms with E-state index in [0.717, 1.165) is 17.4 Å². The molecule has 7 nitrogen and oxygen atoms in total. The first kappa shape index (κ1) is 22.6. The van der Waals surface area contributed by atoms with Gasteiger partial charge in [0, 0.05) is 36.5 Å². The molecule has 3 rings (SSSR count). The molecular weight excluding hydrogens is 414 g/mol. The smallest absolute Gasteiger partial charge is 0.251 e. The Kier molecular flexibility index (Phi) is 7.12. The number of amides is 2. The predicted octanol–water partition coefficient (Wildman–Crippen LogP) is 2.80. The first-order valence-corrected chi connectivity index (χ1v) is 12.0. The molecule has 1 aliphatic rings. The summed E-state index contributed by atoms with van der Waals surface area (Å²) in [4.78, 5) is 26.7. The van der Waals surface area contributed by atoms with Crippen LogP contribution in [0.25, 0.3) is 6.08 Å². The summed E-state index contributed by atoms with van der Waals surface area (Å²) < 4.78 is 24.9.